The smallest absolute Gasteiger partial charge is 0.191 e. The summed E-state index contributed by atoms with van der Waals surface area (Å²) in [5.41, 5.74) is 4.83. The van der Waals surface area contributed by atoms with Gasteiger partial charge in [0.15, 0.2) is 5.96 Å². The zero-order valence-electron chi connectivity index (χ0n) is 16.3. The number of benzene rings is 1. The Morgan fingerprint density at radius 1 is 1.23 bits per heavy atom. The molecule has 0 bridgehead atoms. The number of hydrogen-bond acceptors (Lipinski definition) is 3. The predicted molar refractivity (Wildman–Crippen MR) is 108 cm³/mol. The summed E-state index contributed by atoms with van der Waals surface area (Å²) in [5, 5.41) is 11.4. The van der Waals surface area contributed by atoms with Crippen LogP contribution < -0.4 is 15.5 Å². The maximum atomic E-state index is 4.47. The number of para-hydroxylation sites is 1. The lowest BCUT2D eigenvalue weighted by atomic mass is 10.1. The van der Waals surface area contributed by atoms with Crippen molar-refractivity contribution in [3.63, 3.8) is 0 Å². The van der Waals surface area contributed by atoms with Crippen molar-refractivity contribution in [2.45, 2.75) is 26.8 Å². The zero-order chi connectivity index (χ0) is 18.5. The lowest BCUT2D eigenvalue weighted by Crippen LogP contribution is -2.40. The predicted octanol–water partition coefficient (Wildman–Crippen LogP) is 2.23. The SMILES string of the molecule is CN=C(NCc1c(C)nn(C)c1C)NCC1CCN(c2ccccc2)C1. The van der Waals surface area contributed by atoms with Gasteiger partial charge in [-0.05, 0) is 38.3 Å². The Morgan fingerprint density at radius 2 is 2.00 bits per heavy atom. The van der Waals surface area contributed by atoms with Gasteiger partial charge in [0.05, 0.1) is 5.69 Å². The van der Waals surface area contributed by atoms with E-state index in [2.05, 4.69) is 69.8 Å². The van der Waals surface area contributed by atoms with E-state index in [0.29, 0.717) is 5.92 Å². The molecule has 6 nitrogen and oxygen atoms in total. The maximum absolute atomic E-state index is 4.47. The average Bonchev–Trinajstić information content (AvgIpc) is 3.22. The van der Waals surface area contributed by atoms with Crippen LogP contribution in [0.1, 0.15) is 23.4 Å². The van der Waals surface area contributed by atoms with Crippen molar-refractivity contribution in [3.05, 3.63) is 47.3 Å². The second-order valence-electron chi connectivity index (χ2n) is 7.02. The molecule has 1 aromatic heterocycles. The van der Waals surface area contributed by atoms with E-state index in [1.54, 1.807) is 0 Å². The first-order valence-corrected chi connectivity index (χ1v) is 9.32. The summed E-state index contributed by atoms with van der Waals surface area (Å²) in [5.74, 6) is 1.49. The number of nitrogens with one attached hydrogen (secondary N) is 2. The van der Waals surface area contributed by atoms with Gasteiger partial charge in [0.1, 0.15) is 0 Å². The third kappa shape index (κ3) is 4.18. The summed E-state index contributed by atoms with van der Waals surface area (Å²) < 4.78 is 1.93. The van der Waals surface area contributed by atoms with E-state index in [0.717, 1.165) is 37.8 Å². The Bertz CT molecular complexity index is 749. The van der Waals surface area contributed by atoms with Crippen LogP contribution in [0.4, 0.5) is 5.69 Å². The number of aromatic nitrogens is 2. The Kier molecular flexibility index (Phi) is 5.81. The van der Waals surface area contributed by atoms with Gasteiger partial charge in [-0.1, -0.05) is 18.2 Å². The van der Waals surface area contributed by atoms with E-state index in [1.165, 1.54) is 23.4 Å². The van der Waals surface area contributed by atoms with Crippen LogP contribution in [-0.4, -0.2) is 42.4 Å². The number of hydrogen-bond donors (Lipinski definition) is 2. The molecule has 2 N–H and O–H groups in total. The van der Waals surface area contributed by atoms with Crippen LogP contribution in [0.3, 0.4) is 0 Å². The van der Waals surface area contributed by atoms with Crippen LogP contribution in [0.15, 0.2) is 35.3 Å². The summed E-state index contributed by atoms with van der Waals surface area (Å²) in [6.45, 7) is 8.05. The molecule has 2 aromatic rings. The molecule has 1 aliphatic heterocycles. The van der Waals surface area contributed by atoms with Gasteiger partial charge in [0.25, 0.3) is 0 Å². The molecule has 0 aliphatic carbocycles. The number of aliphatic imine (C=N–C) groups is 1. The first-order chi connectivity index (χ1) is 12.6. The zero-order valence-corrected chi connectivity index (χ0v) is 16.3. The largest absolute Gasteiger partial charge is 0.371 e. The molecule has 26 heavy (non-hydrogen) atoms. The quantitative estimate of drug-likeness (QED) is 0.639. The number of aryl methyl sites for hydroxylation is 2. The fourth-order valence-corrected chi connectivity index (χ4v) is 3.58. The molecule has 0 saturated carbocycles. The number of rotatable bonds is 5. The highest BCUT2D eigenvalue weighted by atomic mass is 15.3. The summed E-state index contributed by atoms with van der Waals surface area (Å²) in [6.07, 6.45) is 1.21. The van der Waals surface area contributed by atoms with Crippen molar-refractivity contribution in [3.8, 4) is 0 Å². The minimum absolute atomic E-state index is 0.635. The van der Waals surface area contributed by atoms with Crippen molar-refractivity contribution in [1.29, 1.82) is 0 Å². The van der Waals surface area contributed by atoms with Crippen molar-refractivity contribution < 1.29 is 0 Å². The van der Waals surface area contributed by atoms with Crippen LogP contribution in [0.25, 0.3) is 0 Å². The van der Waals surface area contributed by atoms with Crippen LogP contribution in [0, 0.1) is 19.8 Å². The molecule has 3 rings (SSSR count). The molecule has 140 valence electrons. The molecule has 0 spiro atoms. The highest BCUT2D eigenvalue weighted by Gasteiger charge is 2.22. The fourth-order valence-electron chi connectivity index (χ4n) is 3.58. The second-order valence-corrected chi connectivity index (χ2v) is 7.02. The second kappa shape index (κ2) is 8.25. The van der Waals surface area contributed by atoms with E-state index >= 15 is 0 Å². The number of anilines is 1. The van der Waals surface area contributed by atoms with E-state index in [9.17, 15) is 0 Å². The molecule has 1 fully saturated rings. The highest BCUT2D eigenvalue weighted by Crippen LogP contribution is 2.22. The van der Waals surface area contributed by atoms with Gasteiger partial charge in [0.2, 0.25) is 0 Å². The van der Waals surface area contributed by atoms with Crippen molar-refractivity contribution in [2.75, 3.05) is 31.6 Å². The first kappa shape index (κ1) is 18.3. The summed E-state index contributed by atoms with van der Waals surface area (Å²) in [7, 11) is 3.81. The molecule has 2 heterocycles. The molecule has 1 aromatic carbocycles. The fraction of sp³-hybridized carbons (Fsp3) is 0.500. The molecule has 1 atom stereocenters. The van der Waals surface area contributed by atoms with Crippen molar-refractivity contribution >= 4 is 11.6 Å². The third-order valence-electron chi connectivity index (χ3n) is 5.28. The van der Waals surface area contributed by atoms with Crippen molar-refractivity contribution in [1.82, 2.24) is 20.4 Å². The number of guanidine groups is 1. The summed E-state index contributed by atoms with van der Waals surface area (Å²) in [4.78, 5) is 6.82. The molecule has 1 aliphatic rings. The molecular formula is C20H30N6. The monoisotopic (exact) mass is 354 g/mol. The standard InChI is InChI=1S/C20H30N6/c1-15-19(16(2)25(4)24-15)13-23-20(21-3)22-12-17-10-11-26(14-17)18-8-6-5-7-9-18/h5-9,17H,10-14H2,1-4H3,(H2,21,22,23). The van der Waals surface area contributed by atoms with Crippen LogP contribution in [0.5, 0.6) is 0 Å². The van der Waals surface area contributed by atoms with E-state index < -0.39 is 0 Å². The minimum atomic E-state index is 0.635. The van der Waals surface area contributed by atoms with Gasteiger partial charge < -0.3 is 15.5 Å². The van der Waals surface area contributed by atoms with E-state index in [-0.39, 0.29) is 0 Å². The first-order valence-electron chi connectivity index (χ1n) is 9.32. The van der Waals surface area contributed by atoms with Gasteiger partial charge >= 0.3 is 0 Å². The van der Waals surface area contributed by atoms with Gasteiger partial charge in [-0.25, -0.2) is 0 Å². The van der Waals surface area contributed by atoms with E-state index in [4.69, 9.17) is 0 Å². The molecule has 1 unspecified atom stereocenters. The van der Waals surface area contributed by atoms with E-state index in [1.807, 2.05) is 18.8 Å². The summed E-state index contributed by atoms with van der Waals surface area (Å²) >= 11 is 0. The Morgan fingerprint density at radius 3 is 2.65 bits per heavy atom. The number of nitrogens with zero attached hydrogens (tertiary/aromatic N) is 4. The Hall–Kier alpha value is -2.50. The van der Waals surface area contributed by atoms with Crippen LogP contribution >= 0.6 is 0 Å². The molecule has 1 saturated heterocycles. The molecular weight excluding hydrogens is 324 g/mol. The average molecular weight is 355 g/mol. The summed E-state index contributed by atoms with van der Waals surface area (Å²) in [6, 6.07) is 10.7. The van der Waals surface area contributed by atoms with Crippen molar-refractivity contribution in [2.24, 2.45) is 18.0 Å². The maximum Gasteiger partial charge on any atom is 0.191 e. The molecule has 0 amide bonds. The Labute approximate surface area is 156 Å². The normalized spacial score (nSPS) is 17.6. The lowest BCUT2D eigenvalue weighted by Gasteiger charge is -2.19. The molecule has 0 radical (unpaired) electrons. The van der Waals surface area contributed by atoms with Gasteiger partial charge in [-0.15, -0.1) is 0 Å². The van der Waals surface area contributed by atoms with Gasteiger partial charge in [-0.3, -0.25) is 9.67 Å². The molecule has 6 heteroatoms. The lowest BCUT2D eigenvalue weighted by molar-refractivity contribution is 0.565. The van der Waals surface area contributed by atoms with Gasteiger partial charge in [0, 0.05) is 57.2 Å². The Balaban J connectivity index is 1.47. The van der Waals surface area contributed by atoms with Gasteiger partial charge in [-0.2, -0.15) is 5.10 Å². The topological polar surface area (TPSA) is 57.5 Å². The van der Waals surface area contributed by atoms with Crippen LogP contribution in [0.2, 0.25) is 0 Å². The van der Waals surface area contributed by atoms with Crippen LogP contribution in [-0.2, 0) is 13.6 Å². The third-order valence-corrected chi connectivity index (χ3v) is 5.28. The highest BCUT2D eigenvalue weighted by molar-refractivity contribution is 5.79. The minimum Gasteiger partial charge on any atom is -0.371 e.